The average Bonchev–Trinajstić information content (AvgIpc) is 2.27. The van der Waals surface area contributed by atoms with E-state index < -0.39 is 0 Å². The third kappa shape index (κ3) is 8.72. The Morgan fingerprint density at radius 1 is 0.400 bits per heavy atom. The Balaban J connectivity index is 2.08. The van der Waals surface area contributed by atoms with Gasteiger partial charge in [0.25, 0.3) is 0 Å². The molecule has 0 aliphatic heterocycles. The Labute approximate surface area is 96.2 Å². The van der Waals surface area contributed by atoms with Crippen molar-refractivity contribution in [2.24, 2.45) is 0 Å². The first-order chi connectivity index (χ1) is 7.50. The van der Waals surface area contributed by atoms with Gasteiger partial charge in [-0.25, -0.2) is 0 Å². The zero-order chi connectivity index (χ0) is 10.6. The standard InChI is InChI=1S/C15H27/c1-2-4-6-8-10-12-14-15-13-11-9-7-5-3-1/h1-2,15H,3-14H2. The van der Waals surface area contributed by atoms with Crippen LogP contribution >= 0.6 is 0 Å². The molecule has 1 radical (unpaired) electrons. The van der Waals surface area contributed by atoms with Crippen LogP contribution in [0, 0.1) is 6.42 Å². The van der Waals surface area contributed by atoms with Crippen LogP contribution in [0.1, 0.15) is 77.0 Å². The summed E-state index contributed by atoms with van der Waals surface area (Å²) in [5.74, 6) is 0. The number of allylic oxidation sites excluding steroid dienone is 2. The van der Waals surface area contributed by atoms with Crippen molar-refractivity contribution >= 4 is 0 Å². The van der Waals surface area contributed by atoms with Gasteiger partial charge in [-0.05, 0) is 32.1 Å². The molecule has 0 heterocycles. The molecular weight excluding hydrogens is 180 g/mol. The minimum Gasteiger partial charge on any atom is -0.0885 e. The van der Waals surface area contributed by atoms with E-state index in [9.17, 15) is 0 Å². The van der Waals surface area contributed by atoms with Crippen LogP contribution in [0.4, 0.5) is 0 Å². The molecule has 1 rings (SSSR count). The van der Waals surface area contributed by atoms with Crippen LogP contribution in [-0.2, 0) is 0 Å². The predicted octanol–water partition coefficient (Wildman–Crippen LogP) is 5.44. The van der Waals surface area contributed by atoms with Crippen LogP contribution in [0.3, 0.4) is 0 Å². The van der Waals surface area contributed by atoms with E-state index in [0.717, 1.165) is 0 Å². The lowest BCUT2D eigenvalue weighted by atomic mass is 10.1. The average molecular weight is 207 g/mol. The summed E-state index contributed by atoms with van der Waals surface area (Å²) >= 11 is 0. The molecule has 0 saturated heterocycles. The maximum Gasteiger partial charge on any atom is -0.0351 e. The topological polar surface area (TPSA) is 0 Å². The van der Waals surface area contributed by atoms with E-state index in [0.29, 0.717) is 0 Å². The maximum absolute atomic E-state index is 2.51. The lowest BCUT2D eigenvalue weighted by Gasteiger charge is -2.01. The molecule has 0 nitrogen and oxygen atoms in total. The van der Waals surface area contributed by atoms with Gasteiger partial charge in [-0.15, -0.1) is 0 Å². The first-order valence-corrected chi connectivity index (χ1v) is 6.97. The van der Waals surface area contributed by atoms with Gasteiger partial charge in [-0.1, -0.05) is 63.5 Å². The second-order valence-electron chi connectivity index (χ2n) is 4.74. The Hall–Kier alpha value is -0.260. The van der Waals surface area contributed by atoms with Gasteiger partial charge in [0.1, 0.15) is 0 Å². The van der Waals surface area contributed by atoms with Crippen LogP contribution in [0.15, 0.2) is 12.2 Å². The molecule has 0 fully saturated rings. The van der Waals surface area contributed by atoms with Crippen molar-refractivity contribution < 1.29 is 0 Å². The molecule has 0 aromatic rings. The quantitative estimate of drug-likeness (QED) is 0.464. The number of rotatable bonds is 0. The summed E-state index contributed by atoms with van der Waals surface area (Å²) in [6.07, 6.45) is 24.0. The van der Waals surface area contributed by atoms with Crippen LogP contribution < -0.4 is 0 Å². The lowest BCUT2D eigenvalue weighted by Crippen LogP contribution is -1.82. The molecule has 0 saturated carbocycles. The molecule has 0 heteroatoms. The van der Waals surface area contributed by atoms with Crippen LogP contribution in [-0.4, -0.2) is 0 Å². The Morgan fingerprint density at radius 3 is 1.27 bits per heavy atom. The maximum atomic E-state index is 2.51. The van der Waals surface area contributed by atoms with Crippen molar-refractivity contribution in [3.8, 4) is 0 Å². The van der Waals surface area contributed by atoms with Crippen molar-refractivity contribution in [2.45, 2.75) is 77.0 Å². The van der Waals surface area contributed by atoms with Gasteiger partial charge in [0.2, 0.25) is 0 Å². The van der Waals surface area contributed by atoms with Gasteiger partial charge >= 0.3 is 0 Å². The Bertz CT molecular complexity index is 130. The van der Waals surface area contributed by atoms with E-state index in [1.54, 1.807) is 0 Å². The van der Waals surface area contributed by atoms with Crippen molar-refractivity contribution in [2.75, 3.05) is 0 Å². The summed E-state index contributed by atoms with van der Waals surface area (Å²) in [4.78, 5) is 0. The molecule has 0 amide bonds. The normalized spacial score (nSPS) is 22.9. The Morgan fingerprint density at radius 2 is 0.800 bits per heavy atom. The molecule has 0 spiro atoms. The predicted molar refractivity (Wildman–Crippen MR) is 68.8 cm³/mol. The van der Waals surface area contributed by atoms with Gasteiger partial charge in [0.15, 0.2) is 0 Å². The zero-order valence-corrected chi connectivity index (χ0v) is 10.2. The fourth-order valence-electron chi connectivity index (χ4n) is 2.19. The molecule has 0 aromatic carbocycles. The summed E-state index contributed by atoms with van der Waals surface area (Å²) in [6, 6.07) is 0. The lowest BCUT2D eigenvalue weighted by molar-refractivity contribution is 0.611. The summed E-state index contributed by atoms with van der Waals surface area (Å²) in [6.45, 7) is 0. The highest BCUT2D eigenvalue weighted by atomic mass is 14.0. The summed E-state index contributed by atoms with van der Waals surface area (Å²) in [5, 5.41) is 0. The SMILES string of the molecule is [CH]1CCCCCCC=CCCCCCC1. The van der Waals surface area contributed by atoms with Gasteiger partial charge in [0.05, 0.1) is 0 Å². The van der Waals surface area contributed by atoms with Crippen molar-refractivity contribution in [3.63, 3.8) is 0 Å². The molecule has 0 N–H and O–H groups in total. The first kappa shape index (κ1) is 12.8. The molecule has 87 valence electrons. The highest BCUT2D eigenvalue weighted by Gasteiger charge is 1.94. The highest BCUT2D eigenvalue weighted by molar-refractivity contribution is 4.81. The minimum atomic E-state index is 1.31. The Kier molecular flexibility index (Phi) is 8.76. The molecular formula is C15H27. The molecule has 1 aliphatic rings. The minimum absolute atomic E-state index is 1.31. The van der Waals surface area contributed by atoms with E-state index in [2.05, 4.69) is 18.6 Å². The molecule has 15 heavy (non-hydrogen) atoms. The van der Waals surface area contributed by atoms with Gasteiger partial charge in [-0.3, -0.25) is 0 Å². The highest BCUT2D eigenvalue weighted by Crippen LogP contribution is 2.13. The zero-order valence-electron chi connectivity index (χ0n) is 10.2. The molecule has 0 atom stereocenters. The van der Waals surface area contributed by atoms with Crippen LogP contribution in [0.2, 0.25) is 0 Å². The molecule has 0 unspecified atom stereocenters. The van der Waals surface area contributed by atoms with Gasteiger partial charge < -0.3 is 0 Å². The number of hydrogen-bond acceptors (Lipinski definition) is 0. The molecule has 0 bridgehead atoms. The third-order valence-electron chi connectivity index (χ3n) is 3.22. The van der Waals surface area contributed by atoms with E-state index >= 15 is 0 Å². The van der Waals surface area contributed by atoms with Gasteiger partial charge in [0, 0.05) is 0 Å². The monoisotopic (exact) mass is 207 g/mol. The van der Waals surface area contributed by atoms with E-state index in [1.165, 1.54) is 77.0 Å². The second kappa shape index (κ2) is 10.3. The van der Waals surface area contributed by atoms with E-state index in [-0.39, 0.29) is 0 Å². The second-order valence-corrected chi connectivity index (χ2v) is 4.74. The van der Waals surface area contributed by atoms with Crippen LogP contribution in [0.25, 0.3) is 0 Å². The van der Waals surface area contributed by atoms with E-state index in [4.69, 9.17) is 0 Å². The third-order valence-corrected chi connectivity index (χ3v) is 3.22. The summed E-state index contributed by atoms with van der Waals surface area (Å²) in [7, 11) is 0. The fraction of sp³-hybridized carbons (Fsp3) is 0.800. The molecule has 1 aliphatic carbocycles. The molecule has 0 aromatic heterocycles. The smallest absolute Gasteiger partial charge is 0.0351 e. The summed E-state index contributed by atoms with van der Waals surface area (Å²) < 4.78 is 0. The first-order valence-electron chi connectivity index (χ1n) is 6.97. The van der Waals surface area contributed by atoms with E-state index in [1.807, 2.05) is 0 Å². The fourth-order valence-corrected chi connectivity index (χ4v) is 2.19. The summed E-state index contributed by atoms with van der Waals surface area (Å²) in [5.41, 5.74) is 0. The number of hydrogen-bond donors (Lipinski definition) is 0. The van der Waals surface area contributed by atoms with Crippen molar-refractivity contribution in [1.82, 2.24) is 0 Å². The van der Waals surface area contributed by atoms with Crippen molar-refractivity contribution in [1.29, 1.82) is 0 Å². The van der Waals surface area contributed by atoms with Gasteiger partial charge in [-0.2, -0.15) is 0 Å². The van der Waals surface area contributed by atoms with Crippen LogP contribution in [0.5, 0.6) is 0 Å². The largest absolute Gasteiger partial charge is 0.0885 e. The van der Waals surface area contributed by atoms with Crippen molar-refractivity contribution in [3.05, 3.63) is 18.6 Å².